The normalized spacial score (nSPS) is 12.6. The highest BCUT2D eigenvalue weighted by molar-refractivity contribution is 6.22. The highest BCUT2D eigenvalue weighted by Crippen LogP contribution is 2.33. The number of hydrogen-bond donors (Lipinski definition) is 1. The Morgan fingerprint density at radius 1 is 0.806 bits per heavy atom. The van der Waals surface area contributed by atoms with Gasteiger partial charge < -0.3 is 5.73 Å². The van der Waals surface area contributed by atoms with Crippen molar-refractivity contribution in [1.82, 2.24) is 24.7 Å². The van der Waals surface area contributed by atoms with E-state index < -0.39 is 29.4 Å². The van der Waals surface area contributed by atoms with Crippen LogP contribution in [0.2, 0.25) is 0 Å². The number of benzene rings is 2. The zero-order valence-corrected chi connectivity index (χ0v) is 17.9. The Labute approximate surface area is 198 Å². The number of primary amides is 1. The van der Waals surface area contributed by atoms with Gasteiger partial charge in [-0.3, -0.25) is 4.79 Å². The molecule has 0 atom stereocenters. The molecule has 0 aliphatic heterocycles. The van der Waals surface area contributed by atoms with Gasteiger partial charge in [0.05, 0.1) is 16.7 Å². The monoisotopic (exact) mass is 504 g/mol. The van der Waals surface area contributed by atoms with Gasteiger partial charge >= 0.3 is 12.4 Å². The van der Waals surface area contributed by atoms with Crippen molar-refractivity contribution in [3.05, 3.63) is 83.9 Å². The molecule has 0 fully saturated rings. The van der Waals surface area contributed by atoms with Gasteiger partial charge in [0.25, 0.3) is 5.91 Å². The summed E-state index contributed by atoms with van der Waals surface area (Å²) in [5.74, 6) is -0.910. The molecule has 1 amide bonds. The number of carbonyl (C=O) groups excluding carboxylic acids is 1. The maximum Gasteiger partial charge on any atom is 0.416 e. The predicted molar refractivity (Wildman–Crippen MR) is 116 cm³/mol. The molecule has 0 aliphatic rings. The Morgan fingerprint density at radius 3 is 1.78 bits per heavy atom. The van der Waals surface area contributed by atoms with E-state index in [0.717, 1.165) is 53.2 Å². The molecule has 0 bridgehead atoms. The number of amides is 1. The topological polar surface area (TPSA) is 99.6 Å². The first-order valence-electron chi connectivity index (χ1n) is 10.0. The Kier molecular flexibility index (Phi) is 6.31. The van der Waals surface area contributed by atoms with Crippen LogP contribution in [0.4, 0.5) is 26.3 Å². The molecule has 0 spiro atoms. The summed E-state index contributed by atoms with van der Waals surface area (Å²) in [5, 5.41) is 4.24. The second kappa shape index (κ2) is 9.24. The summed E-state index contributed by atoms with van der Waals surface area (Å²) in [6.07, 6.45) is -4.07. The molecule has 13 heteroatoms. The van der Waals surface area contributed by atoms with E-state index in [1.807, 2.05) is 0 Å². The second-order valence-electron chi connectivity index (χ2n) is 7.39. The number of carbonyl (C=O) groups is 1. The molecule has 7 nitrogen and oxygen atoms in total. The first-order valence-corrected chi connectivity index (χ1v) is 10.0. The minimum atomic E-state index is -4.57. The minimum Gasteiger partial charge on any atom is -0.366 e. The standard InChI is InChI=1S/C23H14F6N6O/c24-22(25,26)16-5-1-13(2-6-16)20-33-21(14-3-7-17(8-4-14)23(27,28)29)35(34-20)11-18(19(30)36)15-9-31-12-32-10-15/h1-12H,(H2,30,36)/b18-11+. The summed E-state index contributed by atoms with van der Waals surface area (Å²) in [7, 11) is 0. The van der Waals surface area contributed by atoms with Crippen LogP contribution >= 0.6 is 0 Å². The molecule has 2 N–H and O–H groups in total. The lowest BCUT2D eigenvalue weighted by molar-refractivity contribution is -0.138. The third-order valence-corrected chi connectivity index (χ3v) is 4.96. The minimum absolute atomic E-state index is 0.00854. The SMILES string of the molecule is NC(=O)/C(=C/n1nc(-c2ccc(C(F)(F)F)cc2)nc1-c1ccc(C(F)(F)F)cc1)c1cncnc1. The predicted octanol–water partition coefficient (Wildman–Crippen LogP) is 4.92. The van der Waals surface area contributed by atoms with Crippen molar-refractivity contribution in [2.24, 2.45) is 5.73 Å². The van der Waals surface area contributed by atoms with Crippen LogP contribution < -0.4 is 5.73 Å². The number of hydrogen-bond acceptors (Lipinski definition) is 5. The summed E-state index contributed by atoms with van der Waals surface area (Å²) < 4.78 is 78.9. The van der Waals surface area contributed by atoms with Gasteiger partial charge in [-0.1, -0.05) is 24.3 Å². The van der Waals surface area contributed by atoms with E-state index in [9.17, 15) is 31.1 Å². The van der Waals surface area contributed by atoms with Gasteiger partial charge in [-0.2, -0.15) is 26.3 Å². The first-order chi connectivity index (χ1) is 16.9. The number of nitrogens with two attached hydrogens (primary N) is 1. The molecule has 2 aromatic carbocycles. The van der Waals surface area contributed by atoms with Crippen LogP contribution in [0.15, 0.2) is 67.3 Å². The lowest BCUT2D eigenvalue weighted by atomic mass is 10.1. The van der Waals surface area contributed by atoms with Crippen LogP contribution in [0.3, 0.4) is 0 Å². The van der Waals surface area contributed by atoms with Crippen LogP contribution in [0.25, 0.3) is 34.5 Å². The van der Waals surface area contributed by atoms with E-state index in [0.29, 0.717) is 0 Å². The van der Waals surface area contributed by atoms with Crippen LogP contribution in [0, 0.1) is 0 Å². The molecule has 184 valence electrons. The van der Waals surface area contributed by atoms with Crippen molar-refractivity contribution in [3.63, 3.8) is 0 Å². The Hall–Kier alpha value is -4.55. The highest BCUT2D eigenvalue weighted by Gasteiger charge is 2.31. The van der Waals surface area contributed by atoms with Crippen molar-refractivity contribution in [2.75, 3.05) is 0 Å². The largest absolute Gasteiger partial charge is 0.416 e. The maximum absolute atomic E-state index is 13.0. The smallest absolute Gasteiger partial charge is 0.366 e. The summed E-state index contributed by atoms with van der Waals surface area (Å²) in [6.45, 7) is 0. The van der Waals surface area contributed by atoms with Crippen molar-refractivity contribution >= 4 is 17.7 Å². The quantitative estimate of drug-likeness (QED) is 0.307. The summed E-state index contributed by atoms with van der Waals surface area (Å²) >= 11 is 0. The second-order valence-corrected chi connectivity index (χ2v) is 7.39. The van der Waals surface area contributed by atoms with E-state index in [-0.39, 0.29) is 33.9 Å². The molecular formula is C23H14F6N6O. The molecule has 4 aromatic rings. The van der Waals surface area contributed by atoms with Crippen molar-refractivity contribution in [3.8, 4) is 22.8 Å². The van der Waals surface area contributed by atoms with Crippen LogP contribution in [0.1, 0.15) is 16.7 Å². The number of nitrogens with zero attached hydrogens (tertiary/aromatic N) is 5. The van der Waals surface area contributed by atoms with E-state index >= 15 is 0 Å². The van der Waals surface area contributed by atoms with E-state index in [4.69, 9.17) is 5.73 Å². The Morgan fingerprint density at radius 2 is 1.31 bits per heavy atom. The van der Waals surface area contributed by atoms with E-state index in [2.05, 4.69) is 20.1 Å². The lowest BCUT2D eigenvalue weighted by Gasteiger charge is -2.08. The van der Waals surface area contributed by atoms with Gasteiger partial charge in [0.2, 0.25) is 0 Å². The molecule has 0 saturated carbocycles. The average Bonchev–Trinajstić information content (AvgIpc) is 3.26. The molecule has 0 radical (unpaired) electrons. The summed E-state index contributed by atoms with van der Waals surface area (Å²) in [4.78, 5) is 24.1. The fourth-order valence-electron chi connectivity index (χ4n) is 3.19. The third-order valence-electron chi connectivity index (χ3n) is 4.96. The molecular weight excluding hydrogens is 490 g/mol. The van der Waals surface area contributed by atoms with E-state index in [1.54, 1.807) is 0 Å². The van der Waals surface area contributed by atoms with Crippen LogP contribution in [-0.4, -0.2) is 30.6 Å². The summed E-state index contributed by atoms with van der Waals surface area (Å²) in [5.41, 5.74) is 4.25. The fourth-order valence-corrected chi connectivity index (χ4v) is 3.19. The van der Waals surface area contributed by atoms with Gasteiger partial charge in [-0.25, -0.2) is 19.6 Å². The molecule has 0 unspecified atom stereocenters. The number of aromatic nitrogens is 5. The van der Waals surface area contributed by atoms with Crippen molar-refractivity contribution < 1.29 is 31.1 Å². The lowest BCUT2D eigenvalue weighted by Crippen LogP contribution is -2.14. The Balaban J connectivity index is 1.86. The molecule has 0 aliphatic carbocycles. The van der Waals surface area contributed by atoms with Gasteiger partial charge in [-0.15, -0.1) is 5.10 Å². The fraction of sp³-hybridized carbons (Fsp3) is 0.0870. The van der Waals surface area contributed by atoms with Crippen LogP contribution in [0.5, 0.6) is 0 Å². The molecule has 2 aromatic heterocycles. The average molecular weight is 504 g/mol. The zero-order chi connectivity index (χ0) is 26.1. The van der Waals surface area contributed by atoms with Gasteiger partial charge in [0, 0.05) is 35.3 Å². The maximum atomic E-state index is 13.0. The summed E-state index contributed by atoms with van der Waals surface area (Å²) in [6, 6.07) is 8.00. The molecule has 36 heavy (non-hydrogen) atoms. The number of rotatable bonds is 5. The first kappa shape index (κ1) is 24.6. The number of halogens is 6. The van der Waals surface area contributed by atoms with Gasteiger partial charge in [0.15, 0.2) is 11.6 Å². The Bertz CT molecular complexity index is 1410. The van der Waals surface area contributed by atoms with Crippen LogP contribution in [-0.2, 0) is 17.1 Å². The number of alkyl halides is 6. The van der Waals surface area contributed by atoms with E-state index in [1.165, 1.54) is 24.9 Å². The van der Waals surface area contributed by atoms with Gasteiger partial charge in [-0.05, 0) is 24.3 Å². The molecule has 2 heterocycles. The van der Waals surface area contributed by atoms with Crippen molar-refractivity contribution in [2.45, 2.75) is 12.4 Å². The third kappa shape index (κ3) is 5.24. The molecule has 4 rings (SSSR count). The molecule has 0 saturated heterocycles. The zero-order valence-electron chi connectivity index (χ0n) is 17.9. The highest BCUT2D eigenvalue weighted by atomic mass is 19.4. The van der Waals surface area contributed by atoms with Gasteiger partial charge in [0.1, 0.15) is 6.33 Å². The van der Waals surface area contributed by atoms with Crippen molar-refractivity contribution in [1.29, 1.82) is 0 Å².